The van der Waals surface area contributed by atoms with E-state index in [1.165, 1.54) is 270 Å². The molecular weight excluding hydrogens is 657 g/mol. The van der Waals surface area contributed by atoms with E-state index in [0.717, 1.165) is 25.7 Å². The Morgan fingerprint density at radius 1 is 0.278 bits per heavy atom. The average Bonchev–Trinajstić information content (AvgIpc) is 3.17. The summed E-state index contributed by atoms with van der Waals surface area (Å²) in [7, 11) is 0. The Labute approximate surface area is 342 Å². The van der Waals surface area contributed by atoms with Gasteiger partial charge in [-0.05, 0) is 25.2 Å². The van der Waals surface area contributed by atoms with Gasteiger partial charge in [0.1, 0.15) is 0 Å². The van der Waals surface area contributed by atoms with Crippen molar-refractivity contribution < 1.29 is 9.90 Å². The third kappa shape index (κ3) is 41.1. The fraction of sp³-hybridized carbons (Fsp3) is 0.981. The lowest BCUT2D eigenvalue weighted by Gasteiger charge is -2.24. The molecule has 0 radical (unpaired) electrons. The second-order valence-corrected chi connectivity index (χ2v) is 18.2. The van der Waals surface area contributed by atoms with Crippen LogP contribution in [0.25, 0.3) is 0 Å². The molecule has 0 bridgehead atoms. The molecule has 0 saturated carbocycles. The molecule has 2 heteroatoms. The van der Waals surface area contributed by atoms with Crippen LogP contribution in [0.4, 0.5) is 0 Å². The third-order valence-electron chi connectivity index (χ3n) is 12.9. The van der Waals surface area contributed by atoms with Gasteiger partial charge in [-0.25, -0.2) is 0 Å². The van der Waals surface area contributed by atoms with Crippen LogP contribution in [0.5, 0.6) is 0 Å². The molecule has 2 atom stereocenters. The lowest BCUT2D eigenvalue weighted by atomic mass is 9.80. The predicted molar refractivity (Wildman–Crippen MR) is 244 cm³/mol. The van der Waals surface area contributed by atoms with Crippen molar-refractivity contribution in [1.29, 1.82) is 0 Å². The first kappa shape index (κ1) is 53.5. The van der Waals surface area contributed by atoms with Crippen LogP contribution in [0.3, 0.4) is 0 Å². The fourth-order valence-electron chi connectivity index (χ4n) is 9.05. The van der Waals surface area contributed by atoms with E-state index >= 15 is 0 Å². The summed E-state index contributed by atoms with van der Waals surface area (Å²) < 4.78 is 0. The van der Waals surface area contributed by atoms with Crippen LogP contribution in [-0.2, 0) is 4.79 Å². The Balaban J connectivity index is 4.32. The Morgan fingerprint density at radius 2 is 0.444 bits per heavy atom. The molecule has 1 N–H and O–H groups in total. The molecule has 0 rings (SSSR count). The number of rotatable bonds is 48. The van der Waals surface area contributed by atoms with Crippen LogP contribution in [0.15, 0.2) is 0 Å². The van der Waals surface area contributed by atoms with Crippen LogP contribution in [-0.4, -0.2) is 11.1 Å². The first-order valence-corrected chi connectivity index (χ1v) is 25.9. The highest BCUT2D eigenvalue weighted by Gasteiger charge is 2.27. The van der Waals surface area contributed by atoms with Crippen molar-refractivity contribution in [3.8, 4) is 0 Å². The van der Waals surface area contributed by atoms with Crippen LogP contribution in [0.2, 0.25) is 0 Å². The molecule has 0 aliphatic rings. The van der Waals surface area contributed by atoms with Crippen LogP contribution >= 0.6 is 0 Å². The van der Waals surface area contributed by atoms with Gasteiger partial charge in [0.2, 0.25) is 0 Å². The van der Waals surface area contributed by atoms with Crippen LogP contribution in [0.1, 0.15) is 316 Å². The SMILES string of the molecule is CCCCCCCCCCCCCCCCCC(CCCCCCCCCCCCCCCC)C(CCCCCCCCCCCCCCCC)C(=O)O. The average molecular weight is 761 g/mol. The lowest BCUT2D eigenvalue weighted by Crippen LogP contribution is -2.24. The molecule has 54 heavy (non-hydrogen) atoms. The Bertz CT molecular complexity index is 688. The monoisotopic (exact) mass is 761 g/mol. The third-order valence-corrected chi connectivity index (χ3v) is 12.9. The minimum Gasteiger partial charge on any atom is -0.481 e. The summed E-state index contributed by atoms with van der Waals surface area (Å²) in [5.41, 5.74) is 0. The van der Waals surface area contributed by atoms with Crippen molar-refractivity contribution in [3.05, 3.63) is 0 Å². The number of aliphatic carboxylic acids is 1. The second-order valence-electron chi connectivity index (χ2n) is 18.2. The number of hydrogen-bond acceptors (Lipinski definition) is 1. The molecule has 324 valence electrons. The Kier molecular flexibility index (Phi) is 46.4. The molecule has 0 spiro atoms. The zero-order valence-corrected chi connectivity index (χ0v) is 38.0. The predicted octanol–water partition coefficient (Wildman–Crippen LogP) is 19.3. The molecule has 0 fully saturated rings. The molecule has 2 nitrogen and oxygen atoms in total. The van der Waals surface area contributed by atoms with Gasteiger partial charge in [0.25, 0.3) is 0 Å². The van der Waals surface area contributed by atoms with Gasteiger partial charge in [0.15, 0.2) is 0 Å². The number of carbonyl (C=O) groups is 1. The molecule has 0 aromatic heterocycles. The highest BCUT2D eigenvalue weighted by Crippen LogP contribution is 2.31. The summed E-state index contributed by atoms with van der Waals surface area (Å²) in [5, 5.41) is 10.4. The minimum absolute atomic E-state index is 0.115. The molecule has 0 saturated heterocycles. The smallest absolute Gasteiger partial charge is 0.306 e. The van der Waals surface area contributed by atoms with Crippen molar-refractivity contribution in [2.45, 2.75) is 316 Å². The topological polar surface area (TPSA) is 37.3 Å². The molecule has 2 unspecified atom stereocenters. The van der Waals surface area contributed by atoms with Crippen molar-refractivity contribution in [3.63, 3.8) is 0 Å². The van der Waals surface area contributed by atoms with Gasteiger partial charge in [-0.2, -0.15) is 0 Å². The lowest BCUT2D eigenvalue weighted by molar-refractivity contribution is -0.144. The van der Waals surface area contributed by atoms with Gasteiger partial charge in [-0.3, -0.25) is 4.79 Å². The molecule has 0 amide bonds. The van der Waals surface area contributed by atoms with Crippen molar-refractivity contribution >= 4 is 5.97 Å². The normalized spacial score (nSPS) is 12.8. The highest BCUT2D eigenvalue weighted by atomic mass is 16.4. The summed E-state index contributed by atoms with van der Waals surface area (Å²) in [6.07, 6.45) is 62.7. The maximum Gasteiger partial charge on any atom is 0.306 e. The maximum absolute atomic E-state index is 12.6. The van der Waals surface area contributed by atoms with Gasteiger partial charge in [-0.15, -0.1) is 0 Å². The highest BCUT2D eigenvalue weighted by molar-refractivity contribution is 5.70. The van der Waals surface area contributed by atoms with E-state index in [9.17, 15) is 9.90 Å². The zero-order valence-electron chi connectivity index (χ0n) is 38.0. The summed E-state index contributed by atoms with van der Waals surface area (Å²) in [4.78, 5) is 12.6. The standard InChI is InChI=1S/C52H104O2/c1-4-7-10-13-16-19-22-25-28-30-33-36-39-42-45-48-50(47-44-41-38-35-32-29-26-23-20-17-14-11-8-5-2)51(52(53)54)49-46-43-40-37-34-31-27-24-21-18-15-12-9-6-3/h50-51H,4-49H2,1-3H3,(H,53,54). The van der Waals surface area contributed by atoms with Gasteiger partial charge in [-0.1, -0.05) is 297 Å². The largest absolute Gasteiger partial charge is 0.481 e. The number of hydrogen-bond donors (Lipinski definition) is 1. The van der Waals surface area contributed by atoms with Crippen LogP contribution < -0.4 is 0 Å². The van der Waals surface area contributed by atoms with E-state index in [4.69, 9.17) is 0 Å². The van der Waals surface area contributed by atoms with E-state index < -0.39 is 5.97 Å². The minimum atomic E-state index is -0.499. The van der Waals surface area contributed by atoms with Crippen LogP contribution in [0, 0.1) is 11.8 Å². The van der Waals surface area contributed by atoms with Crippen molar-refractivity contribution in [1.82, 2.24) is 0 Å². The first-order chi connectivity index (χ1) is 26.7. The second kappa shape index (κ2) is 46.8. The Morgan fingerprint density at radius 3 is 0.630 bits per heavy atom. The van der Waals surface area contributed by atoms with Gasteiger partial charge < -0.3 is 5.11 Å². The molecule has 0 aliphatic carbocycles. The number of unbranched alkanes of at least 4 members (excludes halogenated alkanes) is 40. The molecular formula is C52H104O2. The van der Waals surface area contributed by atoms with Crippen molar-refractivity contribution in [2.24, 2.45) is 11.8 Å². The summed E-state index contributed by atoms with van der Waals surface area (Å²) in [6, 6.07) is 0. The first-order valence-electron chi connectivity index (χ1n) is 25.9. The molecule has 0 aromatic carbocycles. The molecule has 0 heterocycles. The molecule has 0 aliphatic heterocycles. The Hall–Kier alpha value is -0.530. The fourth-order valence-corrected chi connectivity index (χ4v) is 9.05. The van der Waals surface area contributed by atoms with E-state index in [1.54, 1.807) is 0 Å². The van der Waals surface area contributed by atoms with Gasteiger partial charge in [0, 0.05) is 0 Å². The summed E-state index contributed by atoms with van der Waals surface area (Å²) in [6.45, 7) is 6.90. The van der Waals surface area contributed by atoms with Gasteiger partial charge in [0.05, 0.1) is 5.92 Å². The maximum atomic E-state index is 12.6. The summed E-state index contributed by atoms with van der Waals surface area (Å²) >= 11 is 0. The quantitative estimate of drug-likeness (QED) is 0.0627. The summed E-state index contributed by atoms with van der Waals surface area (Å²) in [5.74, 6) is -0.222. The number of carboxylic acids is 1. The zero-order chi connectivity index (χ0) is 39.3. The van der Waals surface area contributed by atoms with E-state index in [0.29, 0.717) is 5.92 Å². The van der Waals surface area contributed by atoms with Crippen molar-refractivity contribution in [2.75, 3.05) is 0 Å². The number of carboxylic acid groups (broad SMARTS) is 1. The van der Waals surface area contributed by atoms with E-state index in [-0.39, 0.29) is 5.92 Å². The van der Waals surface area contributed by atoms with E-state index in [1.807, 2.05) is 0 Å². The van der Waals surface area contributed by atoms with Gasteiger partial charge >= 0.3 is 5.97 Å². The molecule has 0 aromatic rings. The van der Waals surface area contributed by atoms with E-state index in [2.05, 4.69) is 20.8 Å².